The number of nitrogens with zero attached hydrogens (tertiary/aromatic N) is 1. The largest absolute Gasteiger partial charge is 0.399 e. The van der Waals surface area contributed by atoms with Gasteiger partial charge in [-0.25, -0.2) is 0 Å². The van der Waals surface area contributed by atoms with E-state index in [9.17, 15) is 4.79 Å². The summed E-state index contributed by atoms with van der Waals surface area (Å²) >= 11 is 0. The van der Waals surface area contributed by atoms with Crippen molar-refractivity contribution in [2.75, 3.05) is 42.3 Å². The standard InChI is InChI=1S/C12H17N3O2/c1-9(16)14-11-8-10(13)2-3-12(11)15-4-6-17-7-5-15/h2-3,8H,4-7,13H2,1H3,(H,14,16). The summed E-state index contributed by atoms with van der Waals surface area (Å²) in [5.74, 6) is -0.0925. The zero-order valence-electron chi connectivity index (χ0n) is 9.90. The molecule has 0 bridgehead atoms. The highest BCUT2D eigenvalue weighted by Gasteiger charge is 2.15. The fraction of sp³-hybridized carbons (Fsp3) is 0.417. The smallest absolute Gasteiger partial charge is 0.221 e. The molecule has 1 aromatic rings. The van der Waals surface area contributed by atoms with Crippen molar-refractivity contribution in [2.45, 2.75) is 6.92 Å². The molecule has 0 aromatic heterocycles. The van der Waals surface area contributed by atoms with Gasteiger partial charge in [0, 0.05) is 25.7 Å². The minimum Gasteiger partial charge on any atom is -0.399 e. The second-order valence-electron chi connectivity index (χ2n) is 4.06. The highest BCUT2D eigenvalue weighted by Crippen LogP contribution is 2.28. The molecule has 1 fully saturated rings. The van der Waals surface area contributed by atoms with Crippen LogP contribution in [0.3, 0.4) is 0 Å². The van der Waals surface area contributed by atoms with E-state index >= 15 is 0 Å². The van der Waals surface area contributed by atoms with E-state index in [2.05, 4.69) is 10.2 Å². The number of hydrogen-bond acceptors (Lipinski definition) is 4. The molecule has 1 saturated heterocycles. The first kappa shape index (κ1) is 11.7. The summed E-state index contributed by atoms with van der Waals surface area (Å²) in [4.78, 5) is 13.4. The normalized spacial score (nSPS) is 15.7. The highest BCUT2D eigenvalue weighted by molar-refractivity contribution is 5.93. The molecule has 0 spiro atoms. The number of carbonyl (C=O) groups excluding carboxylic acids is 1. The first-order chi connectivity index (χ1) is 8.16. The average molecular weight is 235 g/mol. The zero-order chi connectivity index (χ0) is 12.3. The third-order valence-electron chi connectivity index (χ3n) is 2.68. The Hall–Kier alpha value is -1.75. The van der Waals surface area contributed by atoms with Crippen LogP contribution in [-0.4, -0.2) is 32.2 Å². The molecule has 3 N–H and O–H groups in total. The Morgan fingerprint density at radius 1 is 1.41 bits per heavy atom. The zero-order valence-corrected chi connectivity index (χ0v) is 9.90. The van der Waals surface area contributed by atoms with Gasteiger partial charge in [-0.15, -0.1) is 0 Å². The number of nitrogens with two attached hydrogens (primary N) is 1. The van der Waals surface area contributed by atoms with Crippen LogP contribution >= 0.6 is 0 Å². The van der Waals surface area contributed by atoms with Gasteiger partial charge in [-0.05, 0) is 18.2 Å². The molecule has 92 valence electrons. The van der Waals surface area contributed by atoms with E-state index in [-0.39, 0.29) is 5.91 Å². The summed E-state index contributed by atoms with van der Waals surface area (Å²) in [5, 5.41) is 2.81. The lowest BCUT2D eigenvalue weighted by Gasteiger charge is -2.30. The van der Waals surface area contributed by atoms with Crippen LogP contribution in [-0.2, 0) is 9.53 Å². The molecular weight excluding hydrogens is 218 g/mol. The molecule has 0 aliphatic carbocycles. The lowest BCUT2D eigenvalue weighted by molar-refractivity contribution is -0.114. The van der Waals surface area contributed by atoms with Gasteiger partial charge in [-0.2, -0.15) is 0 Å². The number of hydrogen-bond donors (Lipinski definition) is 2. The van der Waals surface area contributed by atoms with Crippen LogP contribution in [0.25, 0.3) is 0 Å². The summed E-state index contributed by atoms with van der Waals surface area (Å²) < 4.78 is 5.31. The van der Waals surface area contributed by atoms with Crippen LogP contribution in [0, 0.1) is 0 Å². The van der Waals surface area contributed by atoms with E-state index in [0.29, 0.717) is 18.9 Å². The Kier molecular flexibility index (Phi) is 3.49. The Morgan fingerprint density at radius 3 is 2.76 bits per heavy atom. The van der Waals surface area contributed by atoms with Crippen molar-refractivity contribution in [2.24, 2.45) is 0 Å². The number of rotatable bonds is 2. The molecule has 1 aromatic carbocycles. The molecule has 0 saturated carbocycles. The topological polar surface area (TPSA) is 67.6 Å². The Labute approximate surface area is 101 Å². The molecule has 0 unspecified atom stereocenters. The Balaban J connectivity index is 2.27. The first-order valence-electron chi connectivity index (χ1n) is 5.66. The van der Waals surface area contributed by atoms with Crippen LogP contribution < -0.4 is 16.0 Å². The van der Waals surface area contributed by atoms with Gasteiger partial charge in [0.2, 0.25) is 5.91 Å². The van der Waals surface area contributed by atoms with Crippen molar-refractivity contribution in [3.63, 3.8) is 0 Å². The van der Waals surface area contributed by atoms with Crippen LogP contribution in [0.2, 0.25) is 0 Å². The monoisotopic (exact) mass is 235 g/mol. The maximum Gasteiger partial charge on any atom is 0.221 e. The van der Waals surface area contributed by atoms with Gasteiger partial charge in [0.25, 0.3) is 0 Å². The van der Waals surface area contributed by atoms with Gasteiger partial charge < -0.3 is 20.7 Å². The third kappa shape index (κ3) is 2.88. The van der Waals surface area contributed by atoms with Crippen LogP contribution in [0.4, 0.5) is 17.1 Å². The van der Waals surface area contributed by atoms with E-state index in [1.165, 1.54) is 6.92 Å². The van der Waals surface area contributed by atoms with Gasteiger partial charge in [-0.1, -0.05) is 0 Å². The summed E-state index contributed by atoms with van der Waals surface area (Å²) in [5.41, 5.74) is 8.14. The van der Waals surface area contributed by atoms with Gasteiger partial charge in [-0.3, -0.25) is 4.79 Å². The van der Waals surface area contributed by atoms with Crippen molar-refractivity contribution in [1.82, 2.24) is 0 Å². The van der Waals surface area contributed by atoms with E-state index in [1.807, 2.05) is 12.1 Å². The van der Waals surface area contributed by atoms with Crippen molar-refractivity contribution in [1.29, 1.82) is 0 Å². The number of benzene rings is 1. The molecular formula is C12H17N3O2. The van der Waals surface area contributed by atoms with E-state index in [1.54, 1.807) is 6.07 Å². The van der Waals surface area contributed by atoms with Crippen LogP contribution in [0.5, 0.6) is 0 Å². The fourth-order valence-electron chi connectivity index (χ4n) is 1.92. The second-order valence-corrected chi connectivity index (χ2v) is 4.06. The number of morpholine rings is 1. The van der Waals surface area contributed by atoms with Gasteiger partial charge in [0.1, 0.15) is 0 Å². The molecule has 1 aliphatic rings. The molecule has 0 radical (unpaired) electrons. The molecule has 0 atom stereocenters. The van der Waals surface area contributed by atoms with Crippen molar-refractivity contribution >= 4 is 23.0 Å². The molecule has 5 heteroatoms. The van der Waals surface area contributed by atoms with Crippen LogP contribution in [0.15, 0.2) is 18.2 Å². The summed E-state index contributed by atoms with van der Waals surface area (Å²) in [6.07, 6.45) is 0. The van der Waals surface area contributed by atoms with Crippen LogP contribution in [0.1, 0.15) is 6.92 Å². The van der Waals surface area contributed by atoms with E-state index < -0.39 is 0 Å². The number of nitrogens with one attached hydrogen (secondary N) is 1. The lowest BCUT2D eigenvalue weighted by atomic mass is 10.2. The van der Waals surface area contributed by atoms with Crippen molar-refractivity contribution < 1.29 is 9.53 Å². The first-order valence-corrected chi connectivity index (χ1v) is 5.66. The van der Waals surface area contributed by atoms with Crippen molar-refractivity contribution in [3.05, 3.63) is 18.2 Å². The molecule has 17 heavy (non-hydrogen) atoms. The number of carbonyl (C=O) groups is 1. The van der Waals surface area contributed by atoms with Gasteiger partial charge in [0.15, 0.2) is 0 Å². The predicted molar refractivity (Wildman–Crippen MR) is 68.2 cm³/mol. The highest BCUT2D eigenvalue weighted by atomic mass is 16.5. The van der Waals surface area contributed by atoms with E-state index in [4.69, 9.17) is 10.5 Å². The SMILES string of the molecule is CC(=O)Nc1cc(N)ccc1N1CCOCC1. The maximum atomic E-state index is 11.2. The lowest BCUT2D eigenvalue weighted by Crippen LogP contribution is -2.36. The molecule has 1 heterocycles. The predicted octanol–water partition coefficient (Wildman–Crippen LogP) is 1.06. The molecule has 1 amide bonds. The Morgan fingerprint density at radius 2 is 2.12 bits per heavy atom. The number of nitrogen functional groups attached to an aromatic ring is 1. The third-order valence-corrected chi connectivity index (χ3v) is 2.68. The summed E-state index contributed by atoms with van der Waals surface area (Å²) in [6, 6.07) is 5.56. The minimum atomic E-state index is -0.0925. The Bertz CT molecular complexity index is 414. The number of amides is 1. The number of ether oxygens (including phenoxy) is 1. The van der Waals surface area contributed by atoms with E-state index in [0.717, 1.165) is 24.5 Å². The van der Waals surface area contributed by atoms with Gasteiger partial charge in [0.05, 0.1) is 24.6 Å². The second kappa shape index (κ2) is 5.05. The summed E-state index contributed by atoms with van der Waals surface area (Å²) in [6.45, 7) is 4.58. The minimum absolute atomic E-state index is 0.0925. The number of anilines is 3. The summed E-state index contributed by atoms with van der Waals surface area (Å²) in [7, 11) is 0. The molecule has 2 rings (SSSR count). The van der Waals surface area contributed by atoms with Crippen molar-refractivity contribution in [3.8, 4) is 0 Å². The fourth-order valence-corrected chi connectivity index (χ4v) is 1.92. The molecule has 1 aliphatic heterocycles. The maximum absolute atomic E-state index is 11.2. The van der Waals surface area contributed by atoms with Gasteiger partial charge >= 0.3 is 0 Å². The average Bonchev–Trinajstić information content (AvgIpc) is 2.29. The quantitative estimate of drug-likeness (QED) is 0.752. The molecule has 5 nitrogen and oxygen atoms in total.